The fourth-order valence-corrected chi connectivity index (χ4v) is 4.33. The standard InChI is InChI=1S/C29H28ClN3O3/c1-4-17-32(28(35)22-13-15-23(30)16-14-22)18-25(34)26-27(21-10-6-5-7-11-21)31-33(29(26)36)24-12-8-9-19(2)20(24)3/h5-16,31H,4,17-18H2,1-3H3. The maximum Gasteiger partial charge on any atom is 0.282 e. The van der Waals surface area contributed by atoms with Gasteiger partial charge in [0.2, 0.25) is 0 Å². The largest absolute Gasteiger partial charge is 0.331 e. The molecule has 7 heteroatoms. The number of amides is 1. The predicted octanol–water partition coefficient (Wildman–Crippen LogP) is 5.84. The molecule has 4 rings (SSSR count). The van der Waals surface area contributed by atoms with Crippen molar-refractivity contribution in [1.29, 1.82) is 0 Å². The van der Waals surface area contributed by atoms with Crippen molar-refractivity contribution in [1.82, 2.24) is 14.7 Å². The predicted molar refractivity (Wildman–Crippen MR) is 143 cm³/mol. The lowest BCUT2D eigenvalue weighted by molar-refractivity contribution is 0.0709. The van der Waals surface area contributed by atoms with E-state index in [1.165, 1.54) is 9.58 Å². The van der Waals surface area contributed by atoms with Gasteiger partial charge in [0.05, 0.1) is 17.9 Å². The number of carbonyl (C=O) groups excluding carboxylic acids is 2. The molecule has 0 radical (unpaired) electrons. The fourth-order valence-electron chi connectivity index (χ4n) is 4.21. The Bertz CT molecular complexity index is 1450. The van der Waals surface area contributed by atoms with E-state index in [0.29, 0.717) is 40.5 Å². The molecule has 4 aromatic rings. The topological polar surface area (TPSA) is 75.2 Å². The van der Waals surface area contributed by atoms with Gasteiger partial charge in [-0.15, -0.1) is 0 Å². The number of Topliss-reactive ketones (excluding diaryl/α,β-unsaturated/α-hetero) is 1. The number of hydrogen-bond acceptors (Lipinski definition) is 3. The first-order valence-electron chi connectivity index (χ1n) is 11.9. The molecule has 0 aliphatic rings. The summed E-state index contributed by atoms with van der Waals surface area (Å²) in [6, 6.07) is 21.5. The molecule has 6 nitrogen and oxygen atoms in total. The number of rotatable bonds is 8. The van der Waals surface area contributed by atoms with Crippen LogP contribution in [-0.4, -0.2) is 39.5 Å². The van der Waals surface area contributed by atoms with Crippen LogP contribution in [0.4, 0.5) is 0 Å². The van der Waals surface area contributed by atoms with Gasteiger partial charge in [0, 0.05) is 22.7 Å². The van der Waals surface area contributed by atoms with Crippen LogP contribution in [0.2, 0.25) is 5.02 Å². The molecule has 36 heavy (non-hydrogen) atoms. The molecule has 0 saturated carbocycles. The first-order chi connectivity index (χ1) is 17.3. The number of aromatic nitrogens is 2. The second-order valence-corrected chi connectivity index (χ2v) is 9.18. The van der Waals surface area contributed by atoms with Crippen LogP contribution in [0.25, 0.3) is 16.9 Å². The van der Waals surface area contributed by atoms with Crippen LogP contribution >= 0.6 is 11.6 Å². The number of benzene rings is 3. The summed E-state index contributed by atoms with van der Waals surface area (Å²) in [5.41, 5.74) is 3.82. The number of aromatic amines is 1. The average molecular weight is 502 g/mol. The summed E-state index contributed by atoms with van der Waals surface area (Å²) in [6.07, 6.45) is 0.665. The summed E-state index contributed by atoms with van der Waals surface area (Å²) < 4.78 is 1.42. The van der Waals surface area contributed by atoms with Crippen molar-refractivity contribution in [2.45, 2.75) is 27.2 Å². The Labute approximate surface area is 215 Å². The van der Waals surface area contributed by atoms with Crippen molar-refractivity contribution in [2.75, 3.05) is 13.1 Å². The minimum Gasteiger partial charge on any atom is -0.331 e. The number of H-pyrrole nitrogens is 1. The zero-order chi connectivity index (χ0) is 25.8. The summed E-state index contributed by atoms with van der Waals surface area (Å²) in [5, 5.41) is 3.69. The molecule has 184 valence electrons. The van der Waals surface area contributed by atoms with Crippen molar-refractivity contribution < 1.29 is 9.59 Å². The van der Waals surface area contributed by atoms with Crippen molar-refractivity contribution in [3.63, 3.8) is 0 Å². The number of aryl methyl sites for hydroxylation is 1. The monoisotopic (exact) mass is 501 g/mol. The van der Waals surface area contributed by atoms with E-state index in [9.17, 15) is 14.4 Å². The minimum absolute atomic E-state index is 0.0344. The SMILES string of the molecule is CCCN(CC(=O)c1c(-c2ccccc2)[nH]n(-c2cccc(C)c2C)c1=O)C(=O)c1ccc(Cl)cc1. The summed E-state index contributed by atoms with van der Waals surface area (Å²) >= 11 is 5.97. The van der Waals surface area contributed by atoms with Gasteiger partial charge in [-0.25, -0.2) is 4.68 Å². The highest BCUT2D eigenvalue weighted by Crippen LogP contribution is 2.23. The van der Waals surface area contributed by atoms with Crippen LogP contribution in [0.1, 0.15) is 45.2 Å². The van der Waals surface area contributed by atoms with Gasteiger partial charge < -0.3 is 4.90 Å². The summed E-state index contributed by atoms with van der Waals surface area (Å²) in [5.74, 6) is -0.705. The highest BCUT2D eigenvalue weighted by Gasteiger charge is 2.27. The number of carbonyl (C=O) groups is 2. The average Bonchev–Trinajstić information content (AvgIpc) is 3.23. The van der Waals surface area contributed by atoms with Crippen molar-refractivity contribution in [3.05, 3.63) is 110 Å². The Morgan fingerprint density at radius 3 is 2.31 bits per heavy atom. The van der Waals surface area contributed by atoms with Gasteiger partial charge >= 0.3 is 0 Å². The second kappa shape index (κ2) is 10.8. The number of halogens is 1. The maximum absolute atomic E-state index is 13.7. The molecule has 1 amide bonds. The smallest absolute Gasteiger partial charge is 0.282 e. The van der Waals surface area contributed by atoms with Gasteiger partial charge in [-0.3, -0.25) is 19.5 Å². The van der Waals surface area contributed by atoms with Crippen LogP contribution in [0.15, 0.2) is 77.6 Å². The zero-order valence-corrected chi connectivity index (χ0v) is 21.3. The van der Waals surface area contributed by atoms with Crippen LogP contribution in [0.3, 0.4) is 0 Å². The van der Waals surface area contributed by atoms with E-state index >= 15 is 0 Å². The Morgan fingerprint density at radius 2 is 1.64 bits per heavy atom. The molecule has 0 bridgehead atoms. The Kier molecular flexibility index (Phi) is 7.55. The van der Waals surface area contributed by atoms with Crippen LogP contribution < -0.4 is 5.56 Å². The molecule has 0 saturated heterocycles. The quantitative estimate of drug-likeness (QED) is 0.308. The second-order valence-electron chi connectivity index (χ2n) is 8.74. The van der Waals surface area contributed by atoms with E-state index in [1.54, 1.807) is 24.3 Å². The molecular formula is C29H28ClN3O3. The van der Waals surface area contributed by atoms with Gasteiger partial charge in [0.1, 0.15) is 5.56 Å². The van der Waals surface area contributed by atoms with Crippen LogP contribution in [0, 0.1) is 13.8 Å². The Morgan fingerprint density at radius 1 is 0.944 bits per heavy atom. The molecule has 0 aliphatic carbocycles. The first kappa shape index (κ1) is 25.2. The Balaban J connectivity index is 1.78. The van der Waals surface area contributed by atoms with Crippen LogP contribution in [-0.2, 0) is 0 Å². The van der Waals surface area contributed by atoms with E-state index in [4.69, 9.17) is 11.6 Å². The van der Waals surface area contributed by atoms with Crippen molar-refractivity contribution in [2.24, 2.45) is 0 Å². The van der Waals surface area contributed by atoms with Crippen molar-refractivity contribution in [3.8, 4) is 16.9 Å². The molecular weight excluding hydrogens is 474 g/mol. The highest BCUT2D eigenvalue weighted by molar-refractivity contribution is 6.30. The van der Waals surface area contributed by atoms with Gasteiger partial charge in [-0.2, -0.15) is 0 Å². The molecule has 0 aliphatic heterocycles. The van der Waals surface area contributed by atoms with E-state index in [1.807, 2.05) is 69.3 Å². The minimum atomic E-state index is -0.442. The summed E-state index contributed by atoms with van der Waals surface area (Å²) in [4.78, 5) is 42.0. The molecule has 0 fully saturated rings. The van der Waals surface area contributed by atoms with Gasteiger partial charge in [-0.05, 0) is 61.7 Å². The molecule has 0 atom stereocenters. The summed E-state index contributed by atoms with van der Waals surface area (Å²) in [6.45, 7) is 6.02. The van der Waals surface area contributed by atoms with Gasteiger partial charge in [0.25, 0.3) is 11.5 Å². The van der Waals surface area contributed by atoms with E-state index < -0.39 is 11.3 Å². The van der Waals surface area contributed by atoms with Gasteiger partial charge in [0.15, 0.2) is 5.78 Å². The molecule has 0 spiro atoms. The molecule has 1 heterocycles. The molecule has 3 aromatic carbocycles. The number of ketones is 1. The normalized spacial score (nSPS) is 10.9. The molecule has 1 N–H and O–H groups in total. The van der Waals surface area contributed by atoms with E-state index in [0.717, 1.165) is 11.1 Å². The van der Waals surface area contributed by atoms with Gasteiger partial charge in [-0.1, -0.05) is 61.0 Å². The number of nitrogens with one attached hydrogen (secondary N) is 1. The number of hydrogen-bond donors (Lipinski definition) is 1. The lowest BCUT2D eigenvalue weighted by Crippen LogP contribution is -2.37. The number of nitrogens with zero attached hydrogens (tertiary/aromatic N) is 2. The zero-order valence-electron chi connectivity index (χ0n) is 20.5. The van der Waals surface area contributed by atoms with Crippen LogP contribution in [0.5, 0.6) is 0 Å². The van der Waals surface area contributed by atoms with E-state index in [-0.39, 0.29) is 18.0 Å². The third-order valence-electron chi connectivity index (χ3n) is 6.26. The lowest BCUT2D eigenvalue weighted by atomic mass is 10.0. The first-order valence-corrected chi connectivity index (χ1v) is 12.2. The van der Waals surface area contributed by atoms with Crippen molar-refractivity contribution >= 4 is 23.3 Å². The molecule has 0 unspecified atom stereocenters. The maximum atomic E-state index is 13.7. The van der Waals surface area contributed by atoms with E-state index in [2.05, 4.69) is 5.10 Å². The lowest BCUT2D eigenvalue weighted by Gasteiger charge is -2.21. The summed E-state index contributed by atoms with van der Waals surface area (Å²) in [7, 11) is 0. The highest BCUT2D eigenvalue weighted by atomic mass is 35.5. The third kappa shape index (κ3) is 5.04. The third-order valence-corrected chi connectivity index (χ3v) is 6.51. The molecule has 1 aromatic heterocycles. The Hall–Kier alpha value is -3.90. The fraction of sp³-hybridized carbons (Fsp3) is 0.207.